The first-order chi connectivity index (χ1) is 16.8. The summed E-state index contributed by atoms with van der Waals surface area (Å²) in [5, 5.41) is 1.11. The Morgan fingerprint density at radius 3 is 2.57 bits per heavy atom. The summed E-state index contributed by atoms with van der Waals surface area (Å²) in [4.78, 5) is 20.1. The van der Waals surface area contributed by atoms with Crippen LogP contribution in [-0.2, 0) is 19.6 Å². The van der Waals surface area contributed by atoms with E-state index in [2.05, 4.69) is 4.98 Å². The lowest BCUT2D eigenvalue weighted by atomic mass is 9.96. The fourth-order valence-corrected chi connectivity index (χ4v) is 7.34. The van der Waals surface area contributed by atoms with Crippen LogP contribution in [0.1, 0.15) is 25.7 Å². The molecule has 3 heterocycles. The smallest absolute Gasteiger partial charge is 0.243 e. The minimum atomic E-state index is -3.74. The second-order valence-electron chi connectivity index (χ2n) is 8.80. The quantitative estimate of drug-likeness (QED) is 0.455. The van der Waals surface area contributed by atoms with Gasteiger partial charge in [0.25, 0.3) is 0 Å². The third kappa shape index (κ3) is 5.08. The summed E-state index contributed by atoms with van der Waals surface area (Å²) in [5.41, 5.74) is 0.666. The Morgan fingerprint density at radius 2 is 1.91 bits per heavy atom. The Labute approximate surface area is 212 Å². The predicted octanol–water partition coefficient (Wildman–Crippen LogP) is 4.70. The molecule has 0 N–H and O–H groups in total. The number of piperidine rings is 1. The Morgan fingerprint density at radius 1 is 1.17 bits per heavy atom. The molecule has 35 heavy (non-hydrogen) atoms. The Balaban J connectivity index is 1.34. The van der Waals surface area contributed by atoms with Crippen LogP contribution in [0.5, 0.6) is 0 Å². The van der Waals surface area contributed by atoms with Crippen molar-refractivity contribution in [3.05, 3.63) is 53.3 Å². The number of hydrogen-bond donors (Lipinski definition) is 0. The average Bonchev–Trinajstić information content (AvgIpc) is 3.53. The molecule has 1 unspecified atom stereocenters. The van der Waals surface area contributed by atoms with Crippen LogP contribution in [0.4, 0.5) is 9.52 Å². The van der Waals surface area contributed by atoms with Crippen molar-refractivity contribution < 1.29 is 22.3 Å². The minimum Gasteiger partial charge on any atom is -0.376 e. The molecule has 2 saturated heterocycles. The van der Waals surface area contributed by atoms with Crippen molar-refractivity contribution in [2.24, 2.45) is 5.92 Å². The van der Waals surface area contributed by atoms with Gasteiger partial charge in [0.05, 0.1) is 27.3 Å². The molecule has 0 radical (unpaired) electrons. The van der Waals surface area contributed by atoms with E-state index in [4.69, 9.17) is 16.3 Å². The zero-order chi connectivity index (χ0) is 24.6. The van der Waals surface area contributed by atoms with Gasteiger partial charge in [-0.25, -0.2) is 17.8 Å². The minimum absolute atomic E-state index is 0.0510. The second kappa shape index (κ2) is 10.1. The van der Waals surface area contributed by atoms with Crippen molar-refractivity contribution in [2.45, 2.75) is 36.7 Å². The summed E-state index contributed by atoms with van der Waals surface area (Å²) in [6, 6.07) is 10.4. The molecule has 186 valence electrons. The molecule has 0 aliphatic carbocycles. The number of anilines is 1. The van der Waals surface area contributed by atoms with Gasteiger partial charge in [-0.2, -0.15) is 4.31 Å². The van der Waals surface area contributed by atoms with Gasteiger partial charge in [0, 0.05) is 25.6 Å². The van der Waals surface area contributed by atoms with E-state index < -0.39 is 15.8 Å². The molecule has 1 aromatic heterocycles. The molecule has 2 aliphatic heterocycles. The summed E-state index contributed by atoms with van der Waals surface area (Å²) in [7, 11) is -3.74. The average molecular weight is 538 g/mol. The van der Waals surface area contributed by atoms with Crippen LogP contribution in [0.15, 0.2) is 47.4 Å². The first-order valence-electron chi connectivity index (χ1n) is 11.6. The molecule has 2 fully saturated rings. The number of halogens is 2. The molecule has 5 rings (SSSR count). The van der Waals surface area contributed by atoms with E-state index in [1.54, 1.807) is 11.0 Å². The first kappa shape index (κ1) is 24.6. The van der Waals surface area contributed by atoms with Crippen molar-refractivity contribution >= 4 is 54.2 Å². The fourth-order valence-electron chi connectivity index (χ4n) is 4.59. The SMILES string of the molecule is O=C(C1CCN(S(=O)(=O)c2ccc(F)cc2)CC1)N(CC1CCCO1)c1nc2c(Cl)cccc2s1. The van der Waals surface area contributed by atoms with Crippen LogP contribution in [0.2, 0.25) is 5.02 Å². The van der Waals surface area contributed by atoms with E-state index in [1.165, 1.54) is 27.8 Å². The van der Waals surface area contributed by atoms with Crippen LogP contribution in [0.3, 0.4) is 0 Å². The molecule has 0 spiro atoms. The number of amides is 1. The van der Waals surface area contributed by atoms with Gasteiger partial charge < -0.3 is 4.74 Å². The Kier molecular flexibility index (Phi) is 7.09. The maximum absolute atomic E-state index is 13.7. The van der Waals surface area contributed by atoms with Gasteiger partial charge in [0.2, 0.25) is 15.9 Å². The molecule has 1 amide bonds. The number of carbonyl (C=O) groups is 1. The second-order valence-corrected chi connectivity index (χ2v) is 12.2. The van der Waals surface area contributed by atoms with Gasteiger partial charge in [-0.3, -0.25) is 9.69 Å². The Bertz CT molecular complexity index is 1320. The van der Waals surface area contributed by atoms with Crippen molar-refractivity contribution in [2.75, 3.05) is 31.1 Å². The number of fused-ring (bicyclic) bond motifs is 1. The van der Waals surface area contributed by atoms with Crippen LogP contribution in [0, 0.1) is 11.7 Å². The maximum atomic E-state index is 13.7. The molecule has 1 atom stereocenters. The van der Waals surface area contributed by atoms with E-state index >= 15 is 0 Å². The normalized spacial score (nSPS) is 19.9. The van der Waals surface area contributed by atoms with E-state index in [-0.39, 0.29) is 35.9 Å². The number of thiazole rings is 1. The highest BCUT2D eigenvalue weighted by atomic mass is 35.5. The van der Waals surface area contributed by atoms with Crippen LogP contribution >= 0.6 is 22.9 Å². The monoisotopic (exact) mass is 537 g/mol. The molecular weight excluding hydrogens is 513 g/mol. The van der Waals surface area contributed by atoms with Gasteiger partial charge in [-0.1, -0.05) is 29.0 Å². The Hall–Kier alpha value is -2.11. The molecule has 2 aromatic carbocycles. The van der Waals surface area contributed by atoms with Crippen molar-refractivity contribution in [3.8, 4) is 0 Å². The molecular formula is C24H25ClFN3O4S2. The van der Waals surface area contributed by atoms with Crippen molar-refractivity contribution in [1.82, 2.24) is 9.29 Å². The lowest BCUT2D eigenvalue weighted by Gasteiger charge is -2.33. The standard InChI is InChI=1S/C24H25ClFN3O4S2/c25-20-4-1-5-21-22(20)27-24(34-21)29(15-18-3-2-14-33-18)23(30)16-10-12-28(13-11-16)35(31,32)19-8-6-17(26)7-9-19/h1,4-9,16,18H,2-3,10-15H2. The van der Waals surface area contributed by atoms with E-state index in [1.807, 2.05) is 12.1 Å². The fraction of sp³-hybridized carbons (Fsp3) is 0.417. The van der Waals surface area contributed by atoms with Gasteiger partial charge >= 0.3 is 0 Å². The van der Waals surface area contributed by atoms with E-state index in [0.29, 0.717) is 41.7 Å². The van der Waals surface area contributed by atoms with Crippen LogP contribution in [-0.4, -0.2) is 56.0 Å². The largest absolute Gasteiger partial charge is 0.376 e. The topological polar surface area (TPSA) is 79.8 Å². The molecule has 0 bridgehead atoms. The highest BCUT2D eigenvalue weighted by Gasteiger charge is 2.36. The summed E-state index contributed by atoms with van der Waals surface area (Å²) in [6.45, 7) is 1.52. The number of carbonyl (C=O) groups excluding carboxylic acids is 1. The zero-order valence-corrected chi connectivity index (χ0v) is 21.3. The number of ether oxygens (including phenoxy) is 1. The summed E-state index contributed by atoms with van der Waals surface area (Å²) >= 11 is 7.74. The number of benzene rings is 2. The highest BCUT2D eigenvalue weighted by molar-refractivity contribution is 7.89. The summed E-state index contributed by atoms with van der Waals surface area (Å²) in [5.74, 6) is -0.899. The highest BCUT2D eigenvalue weighted by Crippen LogP contribution is 2.35. The predicted molar refractivity (Wildman–Crippen MR) is 134 cm³/mol. The third-order valence-corrected chi connectivity index (χ3v) is 9.78. The maximum Gasteiger partial charge on any atom is 0.243 e. The van der Waals surface area contributed by atoms with Gasteiger partial charge in [-0.15, -0.1) is 0 Å². The number of nitrogens with zero attached hydrogens (tertiary/aromatic N) is 3. The number of hydrogen-bond acceptors (Lipinski definition) is 6. The first-order valence-corrected chi connectivity index (χ1v) is 14.2. The van der Waals surface area contributed by atoms with E-state index in [0.717, 1.165) is 29.7 Å². The van der Waals surface area contributed by atoms with Crippen molar-refractivity contribution in [1.29, 1.82) is 0 Å². The van der Waals surface area contributed by atoms with Gasteiger partial charge in [-0.05, 0) is 62.1 Å². The van der Waals surface area contributed by atoms with Crippen molar-refractivity contribution in [3.63, 3.8) is 0 Å². The van der Waals surface area contributed by atoms with E-state index in [9.17, 15) is 17.6 Å². The lowest BCUT2D eigenvalue weighted by molar-refractivity contribution is -0.123. The van der Waals surface area contributed by atoms with Crippen LogP contribution < -0.4 is 4.90 Å². The number of sulfonamides is 1. The molecule has 11 heteroatoms. The molecule has 2 aliphatic rings. The molecule has 7 nitrogen and oxygen atoms in total. The van der Waals surface area contributed by atoms with Crippen LogP contribution in [0.25, 0.3) is 10.2 Å². The number of aromatic nitrogens is 1. The van der Waals surface area contributed by atoms with Gasteiger partial charge in [0.1, 0.15) is 11.3 Å². The summed E-state index contributed by atoms with van der Waals surface area (Å²) in [6.07, 6.45) is 2.57. The summed E-state index contributed by atoms with van der Waals surface area (Å²) < 4.78 is 47.2. The number of rotatable bonds is 6. The third-order valence-electron chi connectivity index (χ3n) is 6.52. The molecule has 0 saturated carbocycles. The van der Waals surface area contributed by atoms with Gasteiger partial charge in [0.15, 0.2) is 5.13 Å². The number of para-hydroxylation sites is 1. The lowest BCUT2D eigenvalue weighted by Crippen LogP contribution is -2.46. The molecule has 3 aromatic rings. The zero-order valence-electron chi connectivity index (χ0n) is 18.9.